The molecule has 41 heavy (non-hydrogen) atoms. The first-order chi connectivity index (χ1) is 19.8. The molecule has 0 spiro atoms. The van der Waals surface area contributed by atoms with Crippen molar-refractivity contribution in [2.24, 2.45) is 0 Å². The molecule has 0 radical (unpaired) electrons. The van der Waals surface area contributed by atoms with Gasteiger partial charge in [0.2, 0.25) is 11.9 Å². The zero-order chi connectivity index (χ0) is 29.1. The summed E-state index contributed by atoms with van der Waals surface area (Å²) in [6, 6.07) is 3.98. The predicted octanol–water partition coefficient (Wildman–Crippen LogP) is 3.12. The third kappa shape index (κ3) is 6.24. The number of halogens is 2. The van der Waals surface area contributed by atoms with Crippen molar-refractivity contribution in [2.75, 3.05) is 32.2 Å². The van der Waals surface area contributed by atoms with Gasteiger partial charge in [0.25, 0.3) is 5.91 Å². The van der Waals surface area contributed by atoms with Crippen LogP contribution in [0, 0.1) is 5.82 Å². The fourth-order valence-corrected chi connectivity index (χ4v) is 5.07. The molecular formula is C28H30ClFN6O5. The van der Waals surface area contributed by atoms with E-state index in [0.29, 0.717) is 52.3 Å². The Bertz CT molecular complexity index is 1450. The van der Waals surface area contributed by atoms with Gasteiger partial charge in [0.15, 0.2) is 0 Å². The van der Waals surface area contributed by atoms with Gasteiger partial charge < -0.3 is 30.1 Å². The molecule has 2 aromatic heterocycles. The summed E-state index contributed by atoms with van der Waals surface area (Å²) in [5.41, 5.74) is 2.15. The van der Waals surface area contributed by atoms with E-state index in [-0.39, 0.29) is 24.2 Å². The van der Waals surface area contributed by atoms with Crippen LogP contribution in [0.3, 0.4) is 0 Å². The molecule has 0 aliphatic carbocycles. The number of hydrogen-bond donors (Lipinski definition) is 3. The minimum Gasteiger partial charge on any atom is -0.497 e. The number of benzene rings is 1. The van der Waals surface area contributed by atoms with Crippen LogP contribution in [-0.4, -0.2) is 75.8 Å². The number of methoxy groups -OCH3 is 1. The summed E-state index contributed by atoms with van der Waals surface area (Å²) in [5, 5.41) is 16.2. The van der Waals surface area contributed by atoms with Gasteiger partial charge in [-0.05, 0) is 43.5 Å². The Morgan fingerprint density at radius 2 is 2.02 bits per heavy atom. The van der Waals surface area contributed by atoms with Gasteiger partial charge in [-0.1, -0.05) is 11.6 Å². The van der Waals surface area contributed by atoms with E-state index in [4.69, 9.17) is 21.1 Å². The summed E-state index contributed by atoms with van der Waals surface area (Å²) in [5.74, 6) is -0.790. The molecule has 2 aliphatic heterocycles. The van der Waals surface area contributed by atoms with Gasteiger partial charge in [0.1, 0.15) is 17.6 Å². The SMILES string of the molecule is COc1cc(F)cc(C(CO)NC(=O)C(C)N2Cc3ncc(-c4nc(NC5CCOCC5)ncc4Cl)cc3C2=O)c1. The van der Waals surface area contributed by atoms with Crippen LogP contribution in [-0.2, 0) is 16.1 Å². The number of carbonyl (C=O) groups is 2. The largest absolute Gasteiger partial charge is 0.497 e. The van der Waals surface area contributed by atoms with E-state index in [2.05, 4.69) is 25.6 Å². The van der Waals surface area contributed by atoms with Crippen LogP contribution in [0.1, 0.15) is 47.4 Å². The zero-order valence-electron chi connectivity index (χ0n) is 22.6. The third-order valence-corrected chi connectivity index (χ3v) is 7.51. The standard InChI is InChI=1S/C28H30ClFN6O5/c1-15(26(38)34-24(14-37)16-7-18(30)10-20(8-16)40-2)36-13-23-21(27(36)39)9-17(11-31-23)25-22(29)12-32-28(35-25)33-19-3-5-41-6-4-19/h7-12,15,19,24,37H,3-6,13-14H2,1-2H3,(H,34,38)(H,32,33,35). The number of aliphatic hydroxyl groups is 1. The molecule has 2 amide bonds. The molecule has 5 rings (SSSR count). The highest BCUT2D eigenvalue weighted by Crippen LogP contribution is 2.31. The maximum atomic E-state index is 14.0. The molecule has 1 fully saturated rings. The summed E-state index contributed by atoms with van der Waals surface area (Å²) in [7, 11) is 1.39. The van der Waals surface area contributed by atoms with E-state index in [1.54, 1.807) is 19.2 Å². The van der Waals surface area contributed by atoms with Crippen molar-refractivity contribution in [3.8, 4) is 17.0 Å². The van der Waals surface area contributed by atoms with E-state index in [1.165, 1.54) is 36.4 Å². The number of fused-ring (bicyclic) bond motifs is 1. The molecule has 11 nitrogen and oxygen atoms in total. The monoisotopic (exact) mass is 584 g/mol. The van der Waals surface area contributed by atoms with Crippen LogP contribution >= 0.6 is 11.6 Å². The number of aliphatic hydroxyl groups excluding tert-OH is 1. The number of ether oxygens (including phenoxy) is 2. The zero-order valence-corrected chi connectivity index (χ0v) is 23.3. The summed E-state index contributed by atoms with van der Waals surface area (Å²) < 4.78 is 24.5. The van der Waals surface area contributed by atoms with Gasteiger partial charge in [-0.25, -0.2) is 14.4 Å². The number of hydrogen-bond acceptors (Lipinski definition) is 9. The lowest BCUT2D eigenvalue weighted by atomic mass is 10.1. The Kier molecular flexibility index (Phi) is 8.62. The average molecular weight is 585 g/mol. The first kappa shape index (κ1) is 28.7. The molecule has 2 atom stereocenters. The van der Waals surface area contributed by atoms with Crippen LogP contribution in [0.5, 0.6) is 5.75 Å². The number of carbonyl (C=O) groups excluding carboxylic acids is 2. The second kappa shape index (κ2) is 12.3. The molecule has 3 N–H and O–H groups in total. The smallest absolute Gasteiger partial charge is 0.256 e. The molecule has 3 aromatic rings. The molecular weight excluding hydrogens is 555 g/mol. The first-order valence-electron chi connectivity index (χ1n) is 13.2. The second-order valence-corrected chi connectivity index (χ2v) is 10.3. The number of rotatable bonds is 9. The number of pyridine rings is 1. The van der Waals surface area contributed by atoms with Crippen molar-refractivity contribution in [1.82, 2.24) is 25.2 Å². The Morgan fingerprint density at radius 1 is 1.24 bits per heavy atom. The number of nitrogens with one attached hydrogen (secondary N) is 2. The highest BCUT2D eigenvalue weighted by Gasteiger charge is 2.36. The van der Waals surface area contributed by atoms with Crippen LogP contribution in [0.15, 0.2) is 36.7 Å². The highest BCUT2D eigenvalue weighted by atomic mass is 35.5. The molecule has 2 aliphatic rings. The quantitative estimate of drug-likeness (QED) is 0.346. The maximum absolute atomic E-state index is 14.0. The van der Waals surface area contributed by atoms with Crippen LogP contribution in [0.25, 0.3) is 11.3 Å². The predicted molar refractivity (Wildman–Crippen MR) is 148 cm³/mol. The van der Waals surface area contributed by atoms with Gasteiger partial charge in [-0.2, -0.15) is 0 Å². The lowest BCUT2D eigenvalue weighted by molar-refractivity contribution is -0.126. The highest BCUT2D eigenvalue weighted by molar-refractivity contribution is 6.33. The van der Waals surface area contributed by atoms with Crippen molar-refractivity contribution in [1.29, 1.82) is 0 Å². The number of nitrogens with zero attached hydrogens (tertiary/aromatic N) is 4. The van der Waals surface area contributed by atoms with Gasteiger partial charge in [-0.15, -0.1) is 0 Å². The van der Waals surface area contributed by atoms with Gasteiger partial charge in [0, 0.05) is 37.1 Å². The van der Waals surface area contributed by atoms with Crippen molar-refractivity contribution in [3.63, 3.8) is 0 Å². The third-order valence-electron chi connectivity index (χ3n) is 7.23. The van der Waals surface area contributed by atoms with Crippen LogP contribution < -0.4 is 15.4 Å². The normalized spacial score (nSPS) is 16.7. The average Bonchev–Trinajstić information content (AvgIpc) is 3.31. The Hall–Kier alpha value is -3.87. The van der Waals surface area contributed by atoms with E-state index < -0.39 is 30.4 Å². The molecule has 2 unspecified atom stereocenters. The van der Waals surface area contributed by atoms with E-state index >= 15 is 0 Å². The maximum Gasteiger partial charge on any atom is 0.256 e. The topological polar surface area (TPSA) is 139 Å². The summed E-state index contributed by atoms with van der Waals surface area (Å²) in [4.78, 5) is 41.2. The van der Waals surface area contributed by atoms with E-state index in [0.717, 1.165) is 12.8 Å². The molecule has 13 heteroatoms. The molecule has 0 bridgehead atoms. The Morgan fingerprint density at radius 3 is 2.76 bits per heavy atom. The Labute approximate surface area is 241 Å². The second-order valence-electron chi connectivity index (χ2n) is 9.92. The molecule has 1 saturated heterocycles. The minimum atomic E-state index is -0.900. The van der Waals surface area contributed by atoms with Crippen molar-refractivity contribution < 1.29 is 28.6 Å². The first-order valence-corrected chi connectivity index (χ1v) is 13.6. The van der Waals surface area contributed by atoms with Gasteiger partial charge in [0.05, 0.1) is 54.5 Å². The molecule has 216 valence electrons. The number of amides is 2. The fourth-order valence-electron chi connectivity index (χ4n) is 4.87. The fraction of sp³-hybridized carbons (Fsp3) is 0.393. The lowest BCUT2D eigenvalue weighted by Crippen LogP contribution is -2.46. The molecule has 0 saturated carbocycles. The van der Waals surface area contributed by atoms with Gasteiger partial charge in [-0.3, -0.25) is 14.6 Å². The Balaban J connectivity index is 1.31. The van der Waals surface area contributed by atoms with E-state index in [1.807, 2.05) is 0 Å². The lowest BCUT2D eigenvalue weighted by Gasteiger charge is -2.26. The summed E-state index contributed by atoms with van der Waals surface area (Å²) >= 11 is 6.42. The van der Waals surface area contributed by atoms with Gasteiger partial charge >= 0.3 is 0 Å². The minimum absolute atomic E-state index is 0.120. The van der Waals surface area contributed by atoms with E-state index in [9.17, 15) is 19.1 Å². The number of aromatic nitrogens is 3. The van der Waals surface area contributed by atoms with Crippen molar-refractivity contribution >= 4 is 29.4 Å². The summed E-state index contributed by atoms with van der Waals surface area (Å²) in [6.07, 6.45) is 4.78. The summed E-state index contributed by atoms with van der Waals surface area (Å²) in [6.45, 7) is 2.56. The molecule has 4 heterocycles. The van der Waals surface area contributed by atoms with Crippen molar-refractivity contribution in [3.05, 3.63) is 64.3 Å². The van der Waals surface area contributed by atoms with Crippen molar-refractivity contribution in [2.45, 2.75) is 44.4 Å². The molecule has 1 aromatic carbocycles. The number of anilines is 1. The van der Waals surface area contributed by atoms with Crippen LogP contribution in [0.4, 0.5) is 10.3 Å². The van der Waals surface area contributed by atoms with Crippen LogP contribution in [0.2, 0.25) is 5.02 Å².